The van der Waals surface area contributed by atoms with E-state index in [0.29, 0.717) is 13.0 Å². The normalized spacial score (nSPS) is 24.2. The van der Waals surface area contributed by atoms with E-state index in [4.69, 9.17) is 23.2 Å². The zero-order valence-corrected chi connectivity index (χ0v) is 6.65. The number of halogens is 2. The van der Waals surface area contributed by atoms with Crippen molar-refractivity contribution in [3.05, 3.63) is 10.6 Å². The third kappa shape index (κ3) is 1.89. The monoisotopic (exact) mass is 180 g/mol. The highest BCUT2D eigenvalue weighted by molar-refractivity contribution is 6.55. The van der Waals surface area contributed by atoms with Crippen molar-refractivity contribution in [1.82, 2.24) is 0 Å². The maximum atomic E-state index is 10.7. The Morgan fingerprint density at radius 2 is 2.40 bits per heavy atom. The number of hydrogen-bond acceptors (Lipinski definition) is 2. The predicted molar refractivity (Wildman–Crippen MR) is 38.9 cm³/mol. The van der Waals surface area contributed by atoms with E-state index in [-0.39, 0.29) is 16.4 Å². The van der Waals surface area contributed by atoms with Gasteiger partial charge in [-0.15, -0.1) is 0 Å². The van der Waals surface area contributed by atoms with Crippen LogP contribution in [0, 0.1) is 5.92 Å². The summed E-state index contributed by atoms with van der Waals surface area (Å²) in [5.74, 6) is -0.469. The van der Waals surface area contributed by atoms with Gasteiger partial charge >= 0.3 is 5.97 Å². The summed E-state index contributed by atoms with van der Waals surface area (Å²) in [4.78, 5) is 10.7. The molecule has 1 heterocycles. The lowest BCUT2D eigenvalue weighted by Gasteiger charge is -1.94. The molecule has 0 aromatic carbocycles. The molecule has 0 radical (unpaired) electrons. The van der Waals surface area contributed by atoms with Gasteiger partial charge in [-0.3, -0.25) is 4.79 Å². The maximum Gasteiger partial charge on any atom is 0.313 e. The summed E-state index contributed by atoms with van der Waals surface area (Å²) in [5.41, 5.74) is 0. The third-order valence-corrected chi connectivity index (χ3v) is 1.56. The largest absolute Gasteiger partial charge is 0.465 e. The highest BCUT2D eigenvalue weighted by atomic mass is 35.5. The highest BCUT2D eigenvalue weighted by Gasteiger charge is 2.24. The molecule has 1 unspecified atom stereocenters. The molecule has 1 saturated heterocycles. The van der Waals surface area contributed by atoms with Crippen molar-refractivity contribution >= 4 is 29.2 Å². The van der Waals surface area contributed by atoms with Crippen LogP contribution in [0.3, 0.4) is 0 Å². The lowest BCUT2D eigenvalue weighted by atomic mass is 10.1. The van der Waals surface area contributed by atoms with E-state index in [1.807, 2.05) is 0 Å². The van der Waals surface area contributed by atoms with Gasteiger partial charge in [0.15, 0.2) is 0 Å². The lowest BCUT2D eigenvalue weighted by molar-refractivity contribution is -0.140. The van der Waals surface area contributed by atoms with Crippen molar-refractivity contribution in [3.63, 3.8) is 0 Å². The quantitative estimate of drug-likeness (QED) is 0.577. The zero-order chi connectivity index (χ0) is 7.56. The minimum absolute atomic E-state index is 0.129. The molecule has 0 amide bonds. The number of carbonyl (C=O) groups excluding carboxylic acids is 1. The van der Waals surface area contributed by atoms with E-state index in [1.165, 1.54) is 6.08 Å². The van der Waals surface area contributed by atoms with Crippen LogP contribution in [0.15, 0.2) is 10.6 Å². The molecule has 1 rings (SSSR count). The number of ether oxygens (including phenoxy) is 1. The average Bonchev–Trinajstić information content (AvgIpc) is 2.15. The molecule has 0 N–H and O–H groups in total. The Bertz CT molecular complexity index is 173. The Balaban J connectivity index is 2.56. The Morgan fingerprint density at radius 1 is 1.70 bits per heavy atom. The summed E-state index contributed by atoms with van der Waals surface area (Å²) >= 11 is 10.7. The molecule has 0 aromatic rings. The zero-order valence-electron chi connectivity index (χ0n) is 5.14. The summed E-state index contributed by atoms with van der Waals surface area (Å²) < 4.78 is 4.79. The predicted octanol–water partition coefficient (Wildman–Crippen LogP) is 1.87. The second kappa shape index (κ2) is 3.26. The van der Waals surface area contributed by atoms with Crippen LogP contribution in [0.5, 0.6) is 0 Å². The Labute approximate surface area is 68.8 Å². The molecule has 0 spiro atoms. The van der Waals surface area contributed by atoms with Crippen LogP contribution < -0.4 is 0 Å². The van der Waals surface area contributed by atoms with Crippen LogP contribution in [0.4, 0.5) is 0 Å². The van der Waals surface area contributed by atoms with Gasteiger partial charge in [0.25, 0.3) is 0 Å². The first-order valence-electron chi connectivity index (χ1n) is 2.89. The first-order chi connectivity index (χ1) is 4.70. The second-order valence-electron chi connectivity index (χ2n) is 2.02. The number of esters is 1. The molecule has 1 aliphatic heterocycles. The first kappa shape index (κ1) is 7.89. The molecule has 0 bridgehead atoms. The molecule has 1 fully saturated rings. The minimum atomic E-state index is -0.237. The van der Waals surface area contributed by atoms with Gasteiger partial charge in [0.2, 0.25) is 0 Å². The van der Waals surface area contributed by atoms with E-state index >= 15 is 0 Å². The minimum Gasteiger partial charge on any atom is -0.465 e. The number of carbonyl (C=O) groups is 1. The molecule has 56 valence electrons. The van der Waals surface area contributed by atoms with Gasteiger partial charge in [-0.25, -0.2) is 0 Å². The van der Waals surface area contributed by atoms with Crippen molar-refractivity contribution in [3.8, 4) is 0 Å². The number of rotatable bonds is 1. The molecule has 0 aliphatic carbocycles. The topological polar surface area (TPSA) is 26.3 Å². The first-order valence-corrected chi connectivity index (χ1v) is 3.65. The fourth-order valence-corrected chi connectivity index (χ4v) is 1.12. The second-order valence-corrected chi connectivity index (χ2v) is 3.03. The van der Waals surface area contributed by atoms with Gasteiger partial charge in [0.05, 0.1) is 12.5 Å². The number of hydrogen-bond donors (Lipinski definition) is 0. The van der Waals surface area contributed by atoms with Crippen LogP contribution in [0.1, 0.15) is 6.42 Å². The van der Waals surface area contributed by atoms with Gasteiger partial charge in [-0.2, -0.15) is 0 Å². The van der Waals surface area contributed by atoms with Gasteiger partial charge in [0, 0.05) is 0 Å². The van der Waals surface area contributed by atoms with E-state index in [0.717, 1.165) is 0 Å². The number of cyclic esters (lactones) is 1. The van der Waals surface area contributed by atoms with Crippen LogP contribution in [0.2, 0.25) is 0 Å². The Hall–Kier alpha value is -0.210. The molecule has 10 heavy (non-hydrogen) atoms. The van der Waals surface area contributed by atoms with E-state index in [2.05, 4.69) is 4.74 Å². The van der Waals surface area contributed by atoms with Crippen molar-refractivity contribution in [1.29, 1.82) is 0 Å². The Morgan fingerprint density at radius 3 is 2.80 bits per heavy atom. The smallest absolute Gasteiger partial charge is 0.313 e. The average molecular weight is 181 g/mol. The molecule has 0 saturated carbocycles. The maximum absolute atomic E-state index is 10.7. The summed E-state index contributed by atoms with van der Waals surface area (Å²) in [6, 6.07) is 0. The molecule has 4 heteroatoms. The molecular weight excluding hydrogens is 175 g/mol. The fourth-order valence-electron chi connectivity index (χ4n) is 0.815. The van der Waals surface area contributed by atoms with Gasteiger partial charge < -0.3 is 4.74 Å². The van der Waals surface area contributed by atoms with Gasteiger partial charge in [-0.05, 0) is 12.5 Å². The van der Waals surface area contributed by atoms with Gasteiger partial charge in [0.1, 0.15) is 4.49 Å². The van der Waals surface area contributed by atoms with Gasteiger partial charge in [-0.1, -0.05) is 23.2 Å². The van der Waals surface area contributed by atoms with E-state index in [9.17, 15) is 4.79 Å². The molecule has 0 aromatic heterocycles. The van der Waals surface area contributed by atoms with E-state index in [1.54, 1.807) is 0 Å². The van der Waals surface area contributed by atoms with Crippen LogP contribution in [-0.4, -0.2) is 12.6 Å². The van der Waals surface area contributed by atoms with Crippen LogP contribution in [-0.2, 0) is 9.53 Å². The fraction of sp³-hybridized carbons (Fsp3) is 0.500. The van der Waals surface area contributed by atoms with Crippen LogP contribution in [0.25, 0.3) is 0 Å². The molecule has 2 nitrogen and oxygen atoms in total. The van der Waals surface area contributed by atoms with Crippen LogP contribution >= 0.6 is 23.2 Å². The molecule has 1 atom stereocenters. The molecule has 1 aliphatic rings. The van der Waals surface area contributed by atoms with Crippen molar-refractivity contribution < 1.29 is 9.53 Å². The summed E-state index contributed by atoms with van der Waals surface area (Å²) in [6.07, 6.45) is 2.18. The SMILES string of the molecule is O=C1OCCC1C=C(Cl)Cl. The summed E-state index contributed by atoms with van der Waals surface area (Å²) in [5, 5.41) is 0. The molecular formula is C6H6Cl2O2. The highest BCUT2D eigenvalue weighted by Crippen LogP contribution is 2.20. The standard InChI is InChI=1S/C6H6Cl2O2/c7-5(8)3-4-1-2-10-6(4)9/h3-4H,1-2H2. The Kier molecular flexibility index (Phi) is 2.57. The van der Waals surface area contributed by atoms with Crippen molar-refractivity contribution in [2.75, 3.05) is 6.61 Å². The van der Waals surface area contributed by atoms with Crippen molar-refractivity contribution in [2.45, 2.75) is 6.42 Å². The lowest BCUT2D eigenvalue weighted by Crippen LogP contribution is -2.03. The summed E-state index contributed by atoms with van der Waals surface area (Å²) in [7, 11) is 0. The van der Waals surface area contributed by atoms with Crippen molar-refractivity contribution in [2.24, 2.45) is 5.92 Å². The summed E-state index contributed by atoms with van der Waals surface area (Å²) in [6.45, 7) is 0.473. The third-order valence-electron chi connectivity index (χ3n) is 1.30. The van der Waals surface area contributed by atoms with E-state index < -0.39 is 0 Å².